The van der Waals surface area contributed by atoms with Crippen molar-refractivity contribution >= 4 is 29.1 Å². The van der Waals surface area contributed by atoms with Crippen LogP contribution in [0.5, 0.6) is 0 Å². The monoisotopic (exact) mass is 426 g/mol. The average molecular weight is 427 g/mol. The van der Waals surface area contributed by atoms with E-state index in [9.17, 15) is 14.4 Å². The molecule has 1 aromatic carbocycles. The summed E-state index contributed by atoms with van der Waals surface area (Å²) in [5.41, 5.74) is 1.32. The normalized spacial score (nSPS) is 20.7. The Balaban J connectivity index is 1.38. The highest BCUT2D eigenvalue weighted by Crippen LogP contribution is 2.40. The molecule has 5 nitrogen and oxygen atoms in total. The number of nitrogens with one attached hydrogen (secondary N) is 1. The van der Waals surface area contributed by atoms with E-state index < -0.39 is 0 Å². The molecule has 0 radical (unpaired) electrons. The number of benzene rings is 1. The largest absolute Gasteiger partial charge is 0.326 e. The fourth-order valence-corrected chi connectivity index (χ4v) is 4.93. The van der Waals surface area contributed by atoms with E-state index in [0.29, 0.717) is 17.8 Å². The number of fused-ring (bicyclic) bond motifs is 1. The zero-order valence-corrected chi connectivity index (χ0v) is 19.0. The first-order chi connectivity index (χ1) is 15.1. The Hall–Kier alpha value is -2.17. The summed E-state index contributed by atoms with van der Waals surface area (Å²) in [5.74, 6) is -0.377. The van der Waals surface area contributed by atoms with E-state index >= 15 is 0 Å². The second kappa shape index (κ2) is 12.0. The summed E-state index contributed by atoms with van der Waals surface area (Å²) in [4.78, 5) is 39.0. The molecule has 1 heterocycles. The van der Waals surface area contributed by atoms with E-state index in [-0.39, 0.29) is 29.6 Å². The van der Waals surface area contributed by atoms with Crippen LogP contribution >= 0.6 is 0 Å². The fourth-order valence-electron chi connectivity index (χ4n) is 4.93. The minimum atomic E-state index is -0.142. The van der Waals surface area contributed by atoms with Gasteiger partial charge < -0.3 is 5.32 Å². The topological polar surface area (TPSA) is 66.5 Å². The molecule has 1 saturated heterocycles. The van der Waals surface area contributed by atoms with Crippen molar-refractivity contribution < 1.29 is 14.4 Å². The van der Waals surface area contributed by atoms with Crippen molar-refractivity contribution in [3.63, 3.8) is 0 Å². The Morgan fingerprint density at radius 2 is 1.35 bits per heavy atom. The summed E-state index contributed by atoms with van der Waals surface area (Å²) < 4.78 is 0. The van der Waals surface area contributed by atoms with Crippen LogP contribution < -0.4 is 10.2 Å². The van der Waals surface area contributed by atoms with Crippen molar-refractivity contribution in [2.75, 3.05) is 10.2 Å². The summed E-state index contributed by atoms with van der Waals surface area (Å²) in [6.07, 6.45) is 15.3. The molecule has 1 aliphatic heterocycles. The molecular formula is C26H38N2O3. The second-order valence-corrected chi connectivity index (χ2v) is 9.18. The maximum absolute atomic E-state index is 12.7. The van der Waals surface area contributed by atoms with Gasteiger partial charge in [0.15, 0.2) is 0 Å². The number of unbranched alkanes of at least 4 members (excludes halogenated alkanes) is 8. The van der Waals surface area contributed by atoms with Crippen molar-refractivity contribution in [3.05, 3.63) is 24.3 Å². The van der Waals surface area contributed by atoms with Crippen LogP contribution in [0.1, 0.15) is 96.8 Å². The molecule has 31 heavy (non-hydrogen) atoms. The molecule has 3 amide bonds. The zero-order valence-electron chi connectivity index (χ0n) is 19.0. The van der Waals surface area contributed by atoms with Crippen molar-refractivity contribution in [2.45, 2.75) is 96.8 Å². The van der Waals surface area contributed by atoms with Crippen molar-refractivity contribution in [1.29, 1.82) is 0 Å². The number of nitrogens with zero attached hydrogens (tertiary/aromatic N) is 1. The molecule has 2 fully saturated rings. The number of imide groups is 1. The lowest BCUT2D eigenvalue weighted by atomic mass is 9.81. The van der Waals surface area contributed by atoms with Crippen LogP contribution in [0.25, 0.3) is 0 Å². The van der Waals surface area contributed by atoms with Crippen molar-refractivity contribution in [1.82, 2.24) is 0 Å². The first-order valence-electron chi connectivity index (χ1n) is 12.4. The van der Waals surface area contributed by atoms with Crippen molar-refractivity contribution in [3.8, 4) is 0 Å². The molecule has 1 aliphatic carbocycles. The molecule has 170 valence electrons. The molecule has 0 unspecified atom stereocenters. The lowest BCUT2D eigenvalue weighted by Gasteiger charge is -2.19. The molecule has 2 atom stereocenters. The minimum Gasteiger partial charge on any atom is -0.326 e. The lowest BCUT2D eigenvalue weighted by molar-refractivity contribution is -0.122. The number of amides is 3. The smallest absolute Gasteiger partial charge is 0.237 e. The standard InChI is InChI=1S/C26H38N2O3/c1-2-3-4-5-6-7-8-9-10-15-24(29)27-20-16-18-21(19-17-20)28-25(30)22-13-11-12-14-23(22)26(28)31/h16-19,22-23H,2-15H2,1H3,(H,27,29)/t22-,23+. The van der Waals surface area contributed by atoms with Crippen LogP contribution in [0.3, 0.4) is 0 Å². The zero-order chi connectivity index (χ0) is 22.1. The maximum atomic E-state index is 12.7. The predicted molar refractivity (Wildman–Crippen MR) is 125 cm³/mol. The molecule has 1 aromatic rings. The number of carbonyl (C=O) groups is 3. The van der Waals surface area contributed by atoms with Gasteiger partial charge in [0.1, 0.15) is 0 Å². The van der Waals surface area contributed by atoms with Gasteiger partial charge in [-0.1, -0.05) is 71.1 Å². The van der Waals surface area contributed by atoms with Gasteiger partial charge >= 0.3 is 0 Å². The predicted octanol–water partition coefficient (Wildman–Crippen LogP) is 6.23. The molecule has 0 bridgehead atoms. The summed E-state index contributed by atoms with van der Waals surface area (Å²) in [5, 5.41) is 2.93. The number of carbonyl (C=O) groups excluding carboxylic acids is 3. The summed E-state index contributed by atoms with van der Waals surface area (Å²) in [7, 11) is 0. The Morgan fingerprint density at radius 3 is 1.90 bits per heavy atom. The Morgan fingerprint density at radius 1 is 0.839 bits per heavy atom. The number of hydrogen-bond donors (Lipinski definition) is 1. The van der Waals surface area contributed by atoms with Gasteiger partial charge in [0.05, 0.1) is 17.5 Å². The minimum absolute atomic E-state index is 0.0232. The van der Waals surface area contributed by atoms with Crippen LogP contribution in [0.15, 0.2) is 24.3 Å². The van der Waals surface area contributed by atoms with Gasteiger partial charge in [-0.15, -0.1) is 0 Å². The summed E-state index contributed by atoms with van der Waals surface area (Å²) in [6, 6.07) is 7.10. The van der Waals surface area contributed by atoms with Gasteiger partial charge in [0.25, 0.3) is 0 Å². The number of rotatable bonds is 12. The van der Waals surface area contributed by atoms with Gasteiger partial charge in [-0.05, 0) is 43.5 Å². The lowest BCUT2D eigenvalue weighted by Crippen LogP contribution is -2.30. The van der Waals surface area contributed by atoms with Crippen LogP contribution in [0.2, 0.25) is 0 Å². The van der Waals surface area contributed by atoms with Crippen molar-refractivity contribution in [2.24, 2.45) is 11.8 Å². The fraction of sp³-hybridized carbons (Fsp3) is 0.654. The highest BCUT2D eigenvalue weighted by Gasteiger charge is 2.48. The number of hydrogen-bond acceptors (Lipinski definition) is 3. The third kappa shape index (κ3) is 6.41. The third-order valence-electron chi connectivity index (χ3n) is 6.76. The van der Waals surface area contributed by atoms with E-state index in [1.807, 2.05) is 0 Å². The quantitative estimate of drug-likeness (QED) is 0.318. The molecule has 0 aromatic heterocycles. The Labute approximate surface area is 187 Å². The maximum Gasteiger partial charge on any atom is 0.237 e. The molecule has 5 heteroatoms. The molecule has 0 spiro atoms. The van der Waals surface area contributed by atoms with Gasteiger partial charge in [-0.2, -0.15) is 0 Å². The van der Waals surface area contributed by atoms with E-state index in [1.165, 1.54) is 49.8 Å². The highest BCUT2D eigenvalue weighted by molar-refractivity contribution is 6.22. The van der Waals surface area contributed by atoms with Crippen LogP contribution in [-0.2, 0) is 14.4 Å². The van der Waals surface area contributed by atoms with Crippen LogP contribution in [0.4, 0.5) is 11.4 Å². The van der Waals surface area contributed by atoms with Gasteiger partial charge in [0, 0.05) is 12.1 Å². The number of anilines is 2. The second-order valence-electron chi connectivity index (χ2n) is 9.18. The average Bonchev–Trinajstić information content (AvgIpc) is 3.04. The SMILES string of the molecule is CCCCCCCCCCCC(=O)Nc1ccc(N2C(=O)[C@H]3CCCC[C@H]3C2=O)cc1. The van der Waals surface area contributed by atoms with Gasteiger partial charge in [-0.25, -0.2) is 0 Å². The van der Waals surface area contributed by atoms with Gasteiger partial charge in [0.2, 0.25) is 17.7 Å². The molecule has 1 saturated carbocycles. The third-order valence-corrected chi connectivity index (χ3v) is 6.76. The van der Waals surface area contributed by atoms with E-state index in [2.05, 4.69) is 12.2 Å². The van der Waals surface area contributed by atoms with Crippen LogP contribution in [-0.4, -0.2) is 17.7 Å². The molecule has 1 N–H and O–H groups in total. The first kappa shape index (κ1) is 23.5. The highest BCUT2D eigenvalue weighted by atomic mass is 16.2. The summed E-state index contributed by atoms with van der Waals surface area (Å²) >= 11 is 0. The van der Waals surface area contributed by atoms with Gasteiger partial charge in [-0.3, -0.25) is 19.3 Å². The first-order valence-corrected chi connectivity index (χ1v) is 12.4. The molecular weight excluding hydrogens is 388 g/mol. The van der Waals surface area contributed by atoms with E-state index in [0.717, 1.165) is 38.5 Å². The molecule has 3 rings (SSSR count). The van der Waals surface area contributed by atoms with E-state index in [1.54, 1.807) is 24.3 Å². The summed E-state index contributed by atoms with van der Waals surface area (Å²) in [6.45, 7) is 2.24. The Bertz CT molecular complexity index is 720. The Kier molecular flexibility index (Phi) is 9.11. The molecule has 2 aliphatic rings. The van der Waals surface area contributed by atoms with Crippen LogP contribution in [0, 0.1) is 11.8 Å². The van der Waals surface area contributed by atoms with E-state index in [4.69, 9.17) is 0 Å².